The molecule has 4 N–H and O–H groups in total. The van der Waals surface area contributed by atoms with Gasteiger partial charge in [-0.3, -0.25) is 33.8 Å². The minimum absolute atomic E-state index is 0.00922. The van der Waals surface area contributed by atoms with Gasteiger partial charge in [0, 0.05) is 23.6 Å². The number of ketones is 4. The van der Waals surface area contributed by atoms with Gasteiger partial charge < -0.3 is 20.7 Å². The third kappa shape index (κ3) is 5.05. The van der Waals surface area contributed by atoms with Crippen molar-refractivity contribution in [2.75, 3.05) is 34.3 Å². The molecule has 42 heavy (non-hydrogen) atoms. The van der Waals surface area contributed by atoms with Crippen molar-refractivity contribution in [3.8, 4) is 11.5 Å². The second-order valence-corrected chi connectivity index (χ2v) is 13.4. The summed E-state index contributed by atoms with van der Waals surface area (Å²) in [4.78, 5) is 70.4. The zero-order chi connectivity index (χ0) is 31.5. The number of amides is 1. The Labute approximate surface area is 246 Å². The summed E-state index contributed by atoms with van der Waals surface area (Å²) >= 11 is 0. The number of carbonyl (C=O) groups is 5. The van der Waals surface area contributed by atoms with Crippen molar-refractivity contribution in [1.29, 1.82) is 0 Å². The van der Waals surface area contributed by atoms with Crippen LogP contribution < -0.4 is 10.5 Å². The minimum Gasteiger partial charge on any atom is -0.507 e. The summed E-state index contributed by atoms with van der Waals surface area (Å²) in [5.41, 5.74) is 3.86. The Morgan fingerprint density at radius 1 is 1.17 bits per heavy atom. The predicted molar refractivity (Wildman–Crippen MR) is 153 cm³/mol. The van der Waals surface area contributed by atoms with Crippen molar-refractivity contribution < 1.29 is 38.9 Å². The Balaban J connectivity index is 1.78. The predicted octanol–water partition coefficient (Wildman–Crippen LogP) is 1.13. The molecule has 1 aromatic carbocycles. The van der Waals surface area contributed by atoms with Crippen molar-refractivity contribution in [3.05, 3.63) is 22.8 Å². The van der Waals surface area contributed by atoms with Gasteiger partial charge in [0.05, 0.1) is 24.6 Å². The molecule has 0 saturated heterocycles. The number of benzene rings is 1. The maximum absolute atomic E-state index is 14.0. The van der Waals surface area contributed by atoms with Crippen molar-refractivity contribution in [2.24, 2.45) is 34.8 Å². The molecule has 2 fully saturated rings. The number of nitrogens with zero attached hydrogens (tertiary/aromatic N) is 2. The monoisotopic (exact) mass is 585 g/mol. The van der Waals surface area contributed by atoms with Crippen LogP contribution in [-0.2, 0) is 32.1 Å². The lowest BCUT2D eigenvalue weighted by molar-refractivity contribution is -0.181. The summed E-state index contributed by atoms with van der Waals surface area (Å²) in [5.74, 6) is -10.2. The molecule has 2 unspecified atom stereocenters. The fourth-order valence-electron chi connectivity index (χ4n) is 7.17. The van der Waals surface area contributed by atoms with Crippen LogP contribution in [0.3, 0.4) is 0 Å². The van der Waals surface area contributed by atoms with Crippen LogP contribution >= 0.6 is 0 Å². The minimum atomic E-state index is -2.74. The molecule has 1 amide bonds. The first-order valence-electron chi connectivity index (χ1n) is 14.5. The van der Waals surface area contributed by atoms with Crippen LogP contribution in [0.2, 0.25) is 0 Å². The summed E-state index contributed by atoms with van der Waals surface area (Å²) in [6.07, 6.45) is 1.10. The van der Waals surface area contributed by atoms with Gasteiger partial charge in [-0.1, -0.05) is 27.7 Å². The number of nitrogens with two attached hydrogens (primary N) is 1. The Morgan fingerprint density at radius 3 is 2.33 bits per heavy atom. The molecule has 1 aromatic rings. The second-order valence-electron chi connectivity index (χ2n) is 13.4. The topological polar surface area (TPSA) is 168 Å². The van der Waals surface area contributed by atoms with E-state index in [0.29, 0.717) is 23.4 Å². The molecule has 6 atom stereocenters. The van der Waals surface area contributed by atoms with E-state index in [9.17, 15) is 34.2 Å². The van der Waals surface area contributed by atoms with Gasteiger partial charge in [0.2, 0.25) is 5.91 Å². The number of Topliss-reactive ketones (excluding diaryl/α,β-unsaturated/α-hetero) is 4. The van der Waals surface area contributed by atoms with Gasteiger partial charge >= 0.3 is 0 Å². The van der Waals surface area contributed by atoms with Crippen LogP contribution in [-0.4, -0.2) is 95.0 Å². The maximum Gasteiger partial charge on any atom is 0.235 e. The van der Waals surface area contributed by atoms with Crippen LogP contribution in [0.5, 0.6) is 11.5 Å². The van der Waals surface area contributed by atoms with Gasteiger partial charge in [-0.2, -0.15) is 0 Å². The number of likely N-dealkylation sites (N-methyl/N-ethyl adjacent to an activating group) is 1. The zero-order valence-electron chi connectivity index (χ0n) is 25.5. The van der Waals surface area contributed by atoms with Gasteiger partial charge in [0.1, 0.15) is 11.5 Å². The SMILES string of the molecule is CCN(CCC(C)(C)C)Cc1cc(O)c2c(c1OC)C[C@H]1C[C@H]3[C@H](N(C)C)C(=O)C(C(N)=O)C(=O)[C@@]3(O)C(=O)C1C2=O. The number of primary amides is 1. The summed E-state index contributed by atoms with van der Waals surface area (Å²) in [5, 5.41) is 22.8. The number of fused-ring (bicyclic) bond motifs is 3. The van der Waals surface area contributed by atoms with Crippen LogP contribution in [0.4, 0.5) is 0 Å². The molecule has 2 saturated carbocycles. The highest BCUT2D eigenvalue weighted by Gasteiger charge is 2.69. The molecule has 0 heterocycles. The number of aliphatic hydroxyl groups is 1. The summed E-state index contributed by atoms with van der Waals surface area (Å²) in [6.45, 7) is 10.6. The normalized spacial score (nSPS) is 29.4. The molecular weight excluding hydrogens is 542 g/mol. The molecule has 11 nitrogen and oxygen atoms in total. The van der Waals surface area contributed by atoms with E-state index in [1.54, 1.807) is 14.1 Å². The molecule has 230 valence electrons. The van der Waals surface area contributed by atoms with Gasteiger partial charge in [0.25, 0.3) is 0 Å². The highest BCUT2D eigenvalue weighted by Crippen LogP contribution is 2.52. The third-order valence-corrected chi connectivity index (χ3v) is 9.31. The summed E-state index contributed by atoms with van der Waals surface area (Å²) in [6, 6.07) is 0.338. The molecule has 0 spiro atoms. The zero-order valence-corrected chi connectivity index (χ0v) is 25.5. The van der Waals surface area contributed by atoms with E-state index in [2.05, 4.69) is 25.7 Å². The Bertz CT molecular complexity index is 1330. The first-order valence-corrected chi connectivity index (χ1v) is 14.5. The number of rotatable bonds is 8. The van der Waals surface area contributed by atoms with Gasteiger partial charge in [0.15, 0.2) is 34.7 Å². The smallest absolute Gasteiger partial charge is 0.235 e. The summed E-state index contributed by atoms with van der Waals surface area (Å²) in [7, 11) is 4.61. The molecule has 11 heteroatoms. The van der Waals surface area contributed by atoms with Gasteiger partial charge in [-0.05, 0) is 63.8 Å². The Kier molecular flexibility index (Phi) is 8.45. The molecule has 4 rings (SSSR count). The highest BCUT2D eigenvalue weighted by atomic mass is 16.5. The van der Waals surface area contributed by atoms with Crippen LogP contribution in [0.25, 0.3) is 0 Å². The van der Waals surface area contributed by atoms with Crippen LogP contribution in [0.1, 0.15) is 62.0 Å². The van der Waals surface area contributed by atoms with E-state index < -0.39 is 64.4 Å². The number of phenols is 1. The second kappa shape index (κ2) is 11.2. The number of aromatic hydroxyl groups is 1. The first kappa shape index (κ1) is 31.8. The van der Waals surface area contributed by atoms with Crippen LogP contribution in [0, 0.1) is 29.1 Å². The third-order valence-electron chi connectivity index (χ3n) is 9.31. The lowest BCUT2D eigenvalue weighted by Gasteiger charge is -2.52. The van der Waals surface area contributed by atoms with Gasteiger partial charge in [-0.25, -0.2) is 0 Å². The fourth-order valence-corrected chi connectivity index (χ4v) is 7.17. The maximum atomic E-state index is 14.0. The molecule has 3 aliphatic rings. The highest BCUT2D eigenvalue weighted by molar-refractivity contribution is 6.32. The summed E-state index contributed by atoms with van der Waals surface area (Å²) < 4.78 is 5.81. The van der Waals surface area contributed by atoms with Gasteiger partial charge in [-0.15, -0.1) is 0 Å². The van der Waals surface area contributed by atoms with Crippen LogP contribution in [0.15, 0.2) is 6.07 Å². The van der Waals surface area contributed by atoms with Crippen molar-refractivity contribution in [2.45, 2.75) is 65.1 Å². The van der Waals surface area contributed by atoms with E-state index in [1.807, 2.05) is 6.92 Å². The van der Waals surface area contributed by atoms with E-state index in [-0.39, 0.29) is 29.6 Å². The average Bonchev–Trinajstić information content (AvgIpc) is 2.87. The Morgan fingerprint density at radius 2 is 1.81 bits per heavy atom. The molecule has 0 bridgehead atoms. The standard InChI is InChI=1S/C31H43N3O8/c1-8-34(10-9-30(2,3)4)14-16-13-19(35)21-17(26(16)42-7)11-15-12-18-23(33(5)6)25(37)22(29(32)40)28(39)31(18,41)27(38)20(15)24(21)36/h13,15,18,20,22-23,35,41H,8-12,14H2,1-7H3,(H2,32,40)/t15-,18-,20?,22?,23-,31-/m0/s1. The van der Waals surface area contributed by atoms with Crippen molar-refractivity contribution in [1.82, 2.24) is 9.80 Å². The quantitative estimate of drug-likeness (QED) is 0.376. The number of methoxy groups -OCH3 is 1. The number of hydrogen-bond acceptors (Lipinski definition) is 10. The van der Waals surface area contributed by atoms with Crippen molar-refractivity contribution in [3.63, 3.8) is 0 Å². The molecule has 0 radical (unpaired) electrons. The van der Waals surface area contributed by atoms with E-state index in [0.717, 1.165) is 19.5 Å². The number of ether oxygens (including phenoxy) is 1. The lowest BCUT2D eigenvalue weighted by atomic mass is 9.52. The van der Waals surface area contributed by atoms with E-state index in [4.69, 9.17) is 10.5 Å². The van der Waals surface area contributed by atoms with E-state index >= 15 is 0 Å². The first-order chi connectivity index (χ1) is 19.5. The number of phenolic OH excluding ortho intramolecular Hbond substituents is 1. The van der Waals surface area contributed by atoms with E-state index in [1.165, 1.54) is 18.1 Å². The Hall–Kier alpha value is -3.15. The lowest BCUT2D eigenvalue weighted by Crippen LogP contribution is -2.74. The molecule has 3 aliphatic carbocycles. The van der Waals surface area contributed by atoms with Crippen molar-refractivity contribution >= 4 is 29.0 Å². The number of hydrogen-bond donors (Lipinski definition) is 3. The molecule has 0 aliphatic heterocycles. The fraction of sp³-hybridized carbons (Fsp3) is 0.645. The average molecular weight is 586 g/mol. The molecular formula is C31H43N3O8. The largest absolute Gasteiger partial charge is 0.507 e. The number of carbonyl (C=O) groups excluding carboxylic acids is 5. The molecule has 0 aromatic heterocycles.